The largest absolute Gasteiger partial charge is 0.313 e. The summed E-state index contributed by atoms with van der Waals surface area (Å²) in [5.41, 5.74) is 3.16. The number of allylic oxidation sites excluding steroid dienone is 1. The Bertz CT molecular complexity index is 396. The molecule has 1 aliphatic rings. The van der Waals surface area contributed by atoms with Crippen LogP contribution in [0.1, 0.15) is 56.1 Å². The van der Waals surface area contributed by atoms with E-state index in [4.69, 9.17) is 0 Å². The first-order chi connectivity index (χ1) is 9.36. The molecule has 0 amide bonds. The summed E-state index contributed by atoms with van der Waals surface area (Å²) in [6, 6.07) is 9.64. The van der Waals surface area contributed by atoms with Crippen LogP contribution in [0.4, 0.5) is 0 Å². The van der Waals surface area contributed by atoms with E-state index in [1.165, 1.54) is 32.1 Å². The third-order valence-electron chi connectivity index (χ3n) is 4.24. The highest BCUT2D eigenvalue weighted by Gasteiger charge is 2.26. The predicted octanol–water partition coefficient (Wildman–Crippen LogP) is 4.44. The van der Waals surface area contributed by atoms with Crippen molar-refractivity contribution in [1.29, 1.82) is 0 Å². The molecule has 0 bridgehead atoms. The quantitative estimate of drug-likeness (QED) is 0.712. The average molecular weight is 257 g/mol. The Morgan fingerprint density at radius 1 is 1.42 bits per heavy atom. The topological polar surface area (TPSA) is 12.0 Å². The van der Waals surface area contributed by atoms with E-state index in [2.05, 4.69) is 49.2 Å². The highest BCUT2D eigenvalue weighted by Crippen LogP contribution is 2.35. The van der Waals surface area contributed by atoms with Gasteiger partial charge in [0.25, 0.3) is 0 Å². The van der Waals surface area contributed by atoms with Crippen molar-refractivity contribution in [3.05, 3.63) is 48.0 Å². The van der Waals surface area contributed by atoms with Gasteiger partial charge in [-0.05, 0) is 62.1 Å². The molecule has 104 valence electrons. The Kier molecular flexibility index (Phi) is 5.65. The van der Waals surface area contributed by atoms with Gasteiger partial charge in [-0.1, -0.05) is 37.3 Å². The van der Waals surface area contributed by atoms with Crippen molar-refractivity contribution in [1.82, 2.24) is 5.32 Å². The molecule has 2 rings (SSSR count). The van der Waals surface area contributed by atoms with Crippen molar-refractivity contribution in [3.8, 4) is 0 Å². The molecular weight excluding hydrogens is 230 g/mol. The van der Waals surface area contributed by atoms with E-state index in [1.54, 1.807) is 11.1 Å². The first-order valence-corrected chi connectivity index (χ1v) is 7.79. The summed E-state index contributed by atoms with van der Waals surface area (Å²) in [6.45, 7) is 7.24. The zero-order valence-corrected chi connectivity index (χ0v) is 12.2. The van der Waals surface area contributed by atoms with Crippen LogP contribution in [-0.4, -0.2) is 12.6 Å². The molecule has 1 aliphatic carbocycles. The highest BCUT2D eigenvalue weighted by molar-refractivity contribution is 5.33. The van der Waals surface area contributed by atoms with Crippen LogP contribution in [0.5, 0.6) is 0 Å². The first kappa shape index (κ1) is 14.3. The van der Waals surface area contributed by atoms with Gasteiger partial charge in [0.1, 0.15) is 0 Å². The van der Waals surface area contributed by atoms with Crippen molar-refractivity contribution in [2.24, 2.45) is 0 Å². The van der Waals surface area contributed by atoms with Crippen LogP contribution in [0.2, 0.25) is 0 Å². The number of fused-ring (bicyclic) bond motifs is 1. The summed E-state index contributed by atoms with van der Waals surface area (Å²) in [6.07, 6.45) is 9.50. The molecule has 2 atom stereocenters. The fraction of sp³-hybridized carbons (Fsp3) is 0.556. The molecule has 0 saturated heterocycles. The minimum Gasteiger partial charge on any atom is -0.313 e. The van der Waals surface area contributed by atoms with Crippen LogP contribution in [0, 0.1) is 0 Å². The van der Waals surface area contributed by atoms with E-state index in [0.717, 1.165) is 13.0 Å². The summed E-state index contributed by atoms with van der Waals surface area (Å²) >= 11 is 0. The second-order valence-electron chi connectivity index (χ2n) is 5.62. The lowest BCUT2D eigenvalue weighted by atomic mass is 9.77. The van der Waals surface area contributed by atoms with Gasteiger partial charge in [0.15, 0.2) is 0 Å². The zero-order chi connectivity index (χ0) is 13.5. The van der Waals surface area contributed by atoms with E-state index in [-0.39, 0.29) is 0 Å². The van der Waals surface area contributed by atoms with Crippen molar-refractivity contribution in [3.63, 3.8) is 0 Å². The number of hydrogen-bond donors (Lipinski definition) is 1. The minimum absolute atomic E-state index is 0.611. The predicted molar refractivity (Wildman–Crippen MR) is 83.6 cm³/mol. The number of aryl methyl sites for hydroxylation is 1. The van der Waals surface area contributed by atoms with Gasteiger partial charge < -0.3 is 5.32 Å². The lowest BCUT2D eigenvalue weighted by Gasteiger charge is -2.33. The van der Waals surface area contributed by atoms with Crippen LogP contribution in [0.25, 0.3) is 0 Å². The lowest BCUT2D eigenvalue weighted by Crippen LogP contribution is -2.37. The highest BCUT2D eigenvalue weighted by atomic mass is 14.9. The van der Waals surface area contributed by atoms with Crippen molar-refractivity contribution in [2.45, 2.75) is 57.4 Å². The summed E-state index contributed by atoms with van der Waals surface area (Å²) < 4.78 is 0. The summed E-state index contributed by atoms with van der Waals surface area (Å²) in [7, 11) is 0. The zero-order valence-electron chi connectivity index (χ0n) is 12.2. The molecule has 0 saturated carbocycles. The Balaban J connectivity index is 2.14. The maximum absolute atomic E-state index is 3.87. The molecule has 1 aromatic rings. The van der Waals surface area contributed by atoms with Gasteiger partial charge in [0, 0.05) is 6.04 Å². The van der Waals surface area contributed by atoms with E-state index < -0.39 is 0 Å². The van der Waals surface area contributed by atoms with Gasteiger partial charge in [-0.15, -0.1) is 6.58 Å². The van der Waals surface area contributed by atoms with Gasteiger partial charge in [-0.25, -0.2) is 0 Å². The molecule has 19 heavy (non-hydrogen) atoms. The molecule has 0 fully saturated rings. The second-order valence-corrected chi connectivity index (χ2v) is 5.62. The Labute approximate surface area is 118 Å². The van der Waals surface area contributed by atoms with Crippen LogP contribution < -0.4 is 5.32 Å². The molecule has 1 aromatic carbocycles. The fourth-order valence-electron chi connectivity index (χ4n) is 3.28. The molecule has 0 aromatic heterocycles. The van der Waals surface area contributed by atoms with Crippen molar-refractivity contribution >= 4 is 0 Å². The van der Waals surface area contributed by atoms with Crippen LogP contribution in [-0.2, 0) is 6.42 Å². The van der Waals surface area contributed by atoms with Crippen LogP contribution in [0.3, 0.4) is 0 Å². The number of nitrogens with one attached hydrogen (secondary N) is 1. The maximum atomic E-state index is 3.87. The molecule has 0 aliphatic heterocycles. The molecule has 2 unspecified atom stereocenters. The molecule has 0 radical (unpaired) electrons. The summed E-state index contributed by atoms with van der Waals surface area (Å²) in [5, 5.41) is 3.77. The van der Waals surface area contributed by atoms with Crippen molar-refractivity contribution < 1.29 is 0 Å². The standard InChI is InChI=1S/C18H27N/c1-3-5-13-18(19-14-4-2)17-12-8-10-15-9-6-7-11-16(15)17/h3,6-7,9,11,17-19H,1,4-5,8,10,12-14H2,2H3. The molecular formula is C18H27N. The smallest absolute Gasteiger partial charge is 0.0139 e. The summed E-state index contributed by atoms with van der Waals surface area (Å²) in [5.74, 6) is 0.691. The van der Waals surface area contributed by atoms with Crippen molar-refractivity contribution in [2.75, 3.05) is 6.54 Å². The normalized spacial score (nSPS) is 19.7. The van der Waals surface area contributed by atoms with Gasteiger partial charge in [-0.3, -0.25) is 0 Å². The SMILES string of the molecule is C=CCCC(NCCC)C1CCCc2ccccc21. The Morgan fingerprint density at radius 3 is 3.05 bits per heavy atom. The lowest BCUT2D eigenvalue weighted by molar-refractivity contribution is 0.375. The molecule has 0 heterocycles. The van der Waals surface area contributed by atoms with Crippen LogP contribution in [0.15, 0.2) is 36.9 Å². The van der Waals surface area contributed by atoms with Gasteiger partial charge in [-0.2, -0.15) is 0 Å². The molecule has 0 spiro atoms. The van der Waals surface area contributed by atoms with E-state index in [1.807, 2.05) is 0 Å². The van der Waals surface area contributed by atoms with Crippen LogP contribution >= 0.6 is 0 Å². The van der Waals surface area contributed by atoms with Gasteiger partial charge in [0.05, 0.1) is 0 Å². The van der Waals surface area contributed by atoms with E-state index in [9.17, 15) is 0 Å². The molecule has 1 nitrogen and oxygen atoms in total. The van der Waals surface area contributed by atoms with Gasteiger partial charge >= 0.3 is 0 Å². The molecule has 1 N–H and O–H groups in total. The fourth-order valence-corrected chi connectivity index (χ4v) is 3.28. The minimum atomic E-state index is 0.611. The first-order valence-electron chi connectivity index (χ1n) is 7.79. The third-order valence-corrected chi connectivity index (χ3v) is 4.24. The third kappa shape index (κ3) is 3.70. The number of benzene rings is 1. The number of hydrogen-bond acceptors (Lipinski definition) is 1. The van der Waals surface area contributed by atoms with E-state index in [0.29, 0.717) is 12.0 Å². The maximum Gasteiger partial charge on any atom is 0.0139 e. The summed E-state index contributed by atoms with van der Waals surface area (Å²) in [4.78, 5) is 0. The van der Waals surface area contributed by atoms with Gasteiger partial charge in [0.2, 0.25) is 0 Å². The average Bonchev–Trinajstić information content (AvgIpc) is 2.47. The monoisotopic (exact) mass is 257 g/mol. The molecule has 1 heteroatoms. The second kappa shape index (κ2) is 7.49. The Hall–Kier alpha value is -1.08. The van der Waals surface area contributed by atoms with E-state index >= 15 is 0 Å². The number of rotatable bonds is 7. The Morgan fingerprint density at radius 2 is 2.26 bits per heavy atom.